The topological polar surface area (TPSA) is 42.2 Å². The van der Waals surface area contributed by atoms with Gasteiger partial charge in [-0.3, -0.25) is 0 Å². The van der Waals surface area contributed by atoms with Gasteiger partial charge in [-0.15, -0.1) is 0 Å². The number of aromatic nitrogens is 1. The number of hydrogen-bond donors (Lipinski definition) is 1. The van der Waals surface area contributed by atoms with Crippen molar-refractivity contribution < 1.29 is 9.90 Å². The van der Waals surface area contributed by atoms with E-state index in [0.717, 1.165) is 11.8 Å². The van der Waals surface area contributed by atoms with Crippen LogP contribution in [-0.2, 0) is 11.8 Å². The zero-order valence-electron chi connectivity index (χ0n) is 7.34. The van der Waals surface area contributed by atoms with Crippen molar-refractivity contribution in [1.29, 1.82) is 0 Å². The molecule has 3 nitrogen and oxygen atoms in total. The lowest BCUT2D eigenvalue weighted by molar-refractivity contribution is -0.131. The summed E-state index contributed by atoms with van der Waals surface area (Å²) in [6.07, 6.45) is 8.07. The highest BCUT2D eigenvalue weighted by Crippen LogP contribution is 2.01. The standard InChI is InChI=1S/C10H11NO2/c1-11-8-4-6-9(11)5-2-3-7-10(12)13/h2-8H,1H3,(H,12,13)/b5-2+,7-3+. The van der Waals surface area contributed by atoms with Crippen LogP contribution in [-0.4, -0.2) is 15.6 Å². The van der Waals surface area contributed by atoms with E-state index in [2.05, 4.69) is 0 Å². The molecule has 0 aliphatic carbocycles. The molecule has 0 amide bonds. The summed E-state index contributed by atoms with van der Waals surface area (Å²) in [6.45, 7) is 0. The van der Waals surface area contributed by atoms with Crippen molar-refractivity contribution in [2.24, 2.45) is 7.05 Å². The van der Waals surface area contributed by atoms with Crippen molar-refractivity contribution in [1.82, 2.24) is 4.57 Å². The summed E-state index contributed by atoms with van der Waals surface area (Å²) in [7, 11) is 1.93. The second kappa shape index (κ2) is 4.30. The number of carbonyl (C=O) groups is 1. The van der Waals surface area contributed by atoms with Crippen molar-refractivity contribution in [3.05, 3.63) is 42.3 Å². The highest BCUT2D eigenvalue weighted by molar-refractivity contribution is 5.80. The molecular weight excluding hydrogens is 166 g/mol. The highest BCUT2D eigenvalue weighted by Gasteiger charge is 1.88. The van der Waals surface area contributed by atoms with E-state index in [0.29, 0.717) is 0 Å². The van der Waals surface area contributed by atoms with E-state index in [1.165, 1.54) is 6.08 Å². The first-order chi connectivity index (χ1) is 6.20. The number of aliphatic carboxylic acids is 1. The normalized spacial score (nSPS) is 11.5. The predicted octanol–water partition coefficient (Wildman–Crippen LogP) is 1.68. The fourth-order valence-electron chi connectivity index (χ4n) is 0.939. The van der Waals surface area contributed by atoms with Gasteiger partial charge in [-0.1, -0.05) is 12.2 Å². The highest BCUT2D eigenvalue weighted by atomic mass is 16.4. The van der Waals surface area contributed by atoms with Crippen LogP contribution in [0.15, 0.2) is 36.6 Å². The van der Waals surface area contributed by atoms with Gasteiger partial charge in [-0.2, -0.15) is 0 Å². The van der Waals surface area contributed by atoms with Gasteiger partial charge < -0.3 is 9.67 Å². The Labute approximate surface area is 76.6 Å². The van der Waals surface area contributed by atoms with Crippen LogP contribution in [0, 0.1) is 0 Å². The third kappa shape index (κ3) is 2.99. The molecule has 0 bridgehead atoms. The van der Waals surface area contributed by atoms with Crippen LogP contribution in [0.25, 0.3) is 6.08 Å². The summed E-state index contributed by atoms with van der Waals surface area (Å²) < 4.78 is 1.95. The van der Waals surface area contributed by atoms with Gasteiger partial charge in [0.2, 0.25) is 0 Å². The van der Waals surface area contributed by atoms with Gasteiger partial charge in [-0.05, 0) is 18.2 Å². The molecule has 1 N–H and O–H groups in total. The predicted molar refractivity (Wildman–Crippen MR) is 51.2 cm³/mol. The van der Waals surface area contributed by atoms with Crippen LogP contribution in [0.1, 0.15) is 5.69 Å². The summed E-state index contributed by atoms with van der Waals surface area (Å²) in [6, 6.07) is 3.88. The average Bonchev–Trinajstić information content (AvgIpc) is 2.45. The first kappa shape index (κ1) is 9.32. The van der Waals surface area contributed by atoms with Crippen molar-refractivity contribution in [2.45, 2.75) is 0 Å². The van der Waals surface area contributed by atoms with Crippen LogP contribution in [0.5, 0.6) is 0 Å². The van der Waals surface area contributed by atoms with Gasteiger partial charge in [0, 0.05) is 25.0 Å². The van der Waals surface area contributed by atoms with Crippen LogP contribution >= 0.6 is 0 Å². The molecule has 0 fully saturated rings. The maximum Gasteiger partial charge on any atom is 0.328 e. The average molecular weight is 177 g/mol. The van der Waals surface area contributed by atoms with E-state index in [9.17, 15) is 4.79 Å². The van der Waals surface area contributed by atoms with E-state index in [1.807, 2.05) is 36.0 Å². The molecule has 0 radical (unpaired) electrons. The third-order valence-corrected chi connectivity index (χ3v) is 1.60. The molecule has 0 atom stereocenters. The first-order valence-electron chi connectivity index (χ1n) is 3.89. The van der Waals surface area contributed by atoms with Gasteiger partial charge in [0.05, 0.1) is 0 Å². The largest absolute Gasteiger partial charge is 0.478 e. The molecule has 0 saturated heterocycles. The summed E-state index contributed by atoms with van der Waals surface area (Å²) >= 11 is 0. The molecule has 13 heavy (non-hydrogen) atoms. The Kier molecular flexibility index (Phi) is 3.09. The zero-order valence-corrected chi connectivity index (χ0v) is 7.34. The second-order valence-electron chi connectivity index (χ2n) is 2.60. The van der Waals surface area contributed by atoms with Gasteiger partial charge in [0.15, 0.2) is 0 Å². The minimum Gasteiger partial charge on any atom is -0.478 e. The summed E-state index contributed by atoms with van der Waals surface area (Å²) in [5, 5.41) is 8.30. The Morgan fingerprint density at radius 1 is 1.54 bits per heavy atom. The monoisotopic (exact) mass is 177 g/mol. The van der Waals surface area contributed by atoms with E-state index in [-0.39, 0.29) is 0 Å². The molecule has 0 unspecified atom stereocenters. The van der Waals surface area contributed by atoms with Crippen molar-refractivity contribution in [3.63, 3.8) is 0 Å². The number of carboxylic acid groups (broad SMARTS) is 1. The second-order valence-corrected chi connectivity index (χ2v) is 2.60. The van der Waals surface area contributed by atoms with Gasteiger partial charge in [-0.25, -0.2) is 4.79 Å². The van der Waals surface area contributed by atoms with Gasteiger partial charge in [0.25, 0.3) is 0 Å². The molecule has 0 aromatic carbocycles. The Morgan fingerprint density at radius 2 is 2.31 bits per heavy atom. The Balaban J connectivity index is 2.59. The van der Waals surface area contributed by atoms with Crippen LogP contribution in [0.4, 0.5) is 0 Å². The molecule has 68 valence electrons. The van der Waals surface area contributed by atoms with E-state index in [1.54, 1.807) is 6.08 Å². The quantitative estimate of drug-likeness (QED) is 0.563. The Bertz CT molecular complexity index is 348. The molecule has 1 aromatic rings. The SMILES string of the molecule is Cn1cccc1/C=C/C=C/C(=O)O. The number of hydrogen-bond acceptors (Lipinski definition) is 1. The third-order valence-electron chi connectivity index (χ3n) is 1.60. The fraction of sp³-hybridized carbons (Fsp3) is 0.100. The van der Waals surface area contributed by atoms with Crippen molar-refractivity contribution in [3.8, 4) is 0 Å². The van der Waals surface area contributed by atoms with E-state index >= 15 is 0 Å². The molecule has 0 saturated carbocycles. The van der Waals surface area contributed by atoms with Crippen molar-refractivity contribution in [2.75, 3.05) is 0 Å². The van der Waals surface area contributed by atoms with Gasteiger partial charge in [0.1, 0.15) is 0 Å². The fourth-order valence-corrected chi connectivity index (χ4v) is 0.939. The van der Waals surface area contributed by atoms with Crippen molar-refractivity contribution >= 4 is 12.0 Å². The lowest BCUT2D eigenvalue weighted by Crippen LogP contribution is -1.86. The molecule has 0 spiro atoms. The minimum absolute atomic E-state index is 0.934. The first-order valence-corrected chi connectivity index (χ1v) is 3.89. The minimum atomic E-state index is -0.934. The summed E-state index contributed by atoms with van der Waals surface area (Å²) in [4.78, 5) is 10.1. The maximum absolute atomic E-state index is 10.1. The molecule has 1 heterocycles. The number of aryl methyl sites for hydroxylation is 1. The summed E-state index contributed by atoms with van der Waals surface area (Å²) in [5.74, 6) is -0.934. The maximum atomic E-state index is 10.1. The van der Waals surface area contributed by atoms with E-state index < -0.39 is 5.97 Å². The molecule has 0 aliphatic rings. The molecule has 1 rings (SSSR count). The molecule has 3 heteroatoms. The van der Waals surface area contributed by atoms with Gasteiger partial charge >= 0.3 is 5.97 Å². The molecule has 0 aliphatic heterocycles. The Morgan fingerprint density at radius 3 is 2.85 bits per heavy atom. The number of allylic oxidation sites excluding steroid dienone is 2. The number of nitrogens with zero attached hydrogens (tertiary/aromatic N) is 1. The lowest BCUT2D eigenvalue weighted by atomic mass is 10.3. The van der Waals surface area contributed by atoms with Crippen LogP contribution in [0.3, 0.4) is 0 Å². The zero-order chi connectivity index (χ0) is 9.68. The van der Waals surface area contributed by atoms with E-state index in [4.69, 9.17) is 5.11 Å². The summed E-state index contributed by atoms with van der Waals surface area (Å²) in [5.41, 5.74) is 1.04. The lowest BCUT2D eigenvalue weighted by Gasteiger charge is -1.93. The number of carboxylic acids is 1. The number of rotatable bonds is 3. The van der Waals surface area contributed by atoms with Crippen LogP contribution < -0.4 is 0 Å². The smallest absolute Gasteiger partial charge is 0.328 e. The molecular formula is C10H11NO2. The molecule has 1 aromatic heterocycles. The Hall–Kier alpha value is -1.77. The van der Waals surface area contributed by atoms with Crippen LogP contribution in [0.2, 0.25) is 0 Å².